The minimum absolute atomic E-state index is 0.0345. The maximum absolute atomic E-state index is 13.1. The molecule has 0 N–H and O–H groups in total. The first-order valence-electron chi connectivity index (χ1n) is 9.01. The quantitative estimate of drug-likeness (QED) is 0.731. The van der Waals surface area contributed by atoms with E-state index in [1.807, 2.05) is 0 Å². The molecule has 1 aromatic heterocycles. The second-order valence-corrected chi connectivity index (χ2v) is 10.0. The summed E-state index contributed by atoms with van der Waals surface area (Å²) in [5.41, 5.74) is 0.387. The highest BCUT2D eigenvalue weighted by Crippen LogP contribution is 2.35. The summed E-state index contributed by atoms with van der Waals surface area (Å²) in [6.45, 7) is 1.23. The van der Waals surface area contributed by atoms with Gasteiger partial charge in [0.25, 0.3) is 15.9 Å². The minimum atomic E-state index is -3.68. The van der Waals surface area contributed by atoms with Gasteiger partial charge in [0.2, 0.25) is 0 Å². The summed E-state index contributed by atoms with van der Waals surface area (Å²) in [4.78, 5) is 18.9. The number of piperidine rings is 1. The maximum atomic E-state index is 13.1. The Balaban J connectivity index is 1.59. The first kappa shape index (κ1) is 19.7. The van der Waals surface area contributed by atoms with E-state index >= 15 is 0 Å². The Hall–Kier alpha value is -1.61. The first-order valence-corrected chi connectivity index (χ1v) is 11.2. The van der Waals surface area contributed by atoms with Crippen molar-refractivity contribution in [2.75, 3.05) is 19.6 Å². The number of imidazole rings is 1. The van der Waals surface area contributed by atoms with Gasteiger partial charge in [0, 0.05) is 43.9 Å². The molecule has 2 aromatic rings. The van der Waals surface area contributed by atoms with Crippen molar-refractivity contribution in [3.8, 4) is 0 Å². The van der Waals surface area contributed by atoms with Crippen LogP contribution in [0.5, 0.6) is 0 Å². The Morgan fingerprint density at radius 3 is 2.71 bits per heavy atom. The molecule has 3 heterocycles. The van der Waals surface area contributed by atoms with Crippen molar-refractivity contribution in [3.05, 3.63) is 46.3 Å². The molecule has 2 atom stereocenters. The van der Waals surface area contributed by atoms with Crippen LogP contribution in [0.1, 0.15) is 23.2 Å². The van der Waals surface area contributed by atoms with Crippen molar-refractivity contribution in [2.24, 2.45) is 13.0 Å². The lowest BCUT2D eigenvalue weighted by molar-refractivity contribution is 0.0573. The molecular formula is C18H20Cl2N4O3S. The minimum Gasteiger partial charge on any atom is -0.339 e. The Morgan fingerprint density at radius 1 is 1.25 bits per heavy atom. The van der Waals surface area contributed by atoms with Gasteiger partial charge >= 0.3 is 0 Å². The average molecular weight is 443 g/mol. The van der Waals surface area contributed by atoms with E-state index in [0.29, 0.717) is 28.7 Å². The number of hydrogen-bond acceptors (Lipinski definition) is 4. The molecule has 150 valence electrons. The van der Waals surface area contributed by atoms with E-state index in [1.54, 1.807) is 34.7 Å². The molecule has 0 aliphatic carbocycles. The third-order valence-corrected chi connectivity index (χ3v) is 7.72. The van der Waals surface area contributed by atoms with Gasteiger partial charge in [-0.15, -0.1) is 0 Å². The number of likely N-dealkylation sites (tertiary alicyclic amines) is 1. The molecule has 2 saturated heterocycles. The highest BCUT2D eigenvalue weighted by Gasteiger charge is 2.45. The largest absolute Gasteiger partial charge is 0.339 e. The smallest absolute Gasteiger partial charge is 0.262 e. The highest BCUT2D eigenvalue weighted by molar-refractivity contribution is 7.89. The molecule has 4 rings (SSSR count). The van der Waals surface area contributed by atoms with Gasteiger partial charge in [-0.05, 0) is 37.0 Å². The van der Waals surface area contributed by atoms with Gasteiger partial charge in [-0.2, -0.15) is 4.31 Å². The summed E-state index contributed by atoms with van der Waals surface area (Å²) in [7, 11) is -1.96. The number of fused-ring (bicyclic) bond motifs is 1. The summed E-state index contributed by atoms with van der Waals surface area (Å²) in [6.07, 6.45) is 4.68. The number of aryl methyl sites for hydroxylation is 1. The number of aromatic nitrogens is 2. The van der Waals surface area contributed by atoms with Crippen LogP contribution in [0.2, 0.25) is 10.0 Å². The summed E-state index contributed by atoms with van der Waals surface area (Å²) in [5.74, 6) is -0.0873. The molecular weight excluding hydrogens is 423 g/mol. The lowest BCUT2D eigenvalue weighted by Crippen LogP contribution is -2.48. The summed E-state index contributed by atoms with van der Waals surface area (Å²) < 4.78 is 28.9. The second kappa shape index (κ2) is 7.33. The van der Waals surface area contributed by atoms with E-state index in [1.165, 1.54) is 16.8 Å². The number of rotatable bonds is 3. The Bertz CT molecular complexity index is 1020. The van der Waals surface area contributed by atoms with E-state index in [0.717, 1.165) is 12.8 Å². The molecule has 2 unspecified atom stereocenters. The van der Waals surface area contributed by atoms with Gasteiger partial charge in [-0.3, -0.25) is 4.79 Å². The van der Waals surface area contributed by atoms with E-state index < -0.39 is 10.0 Å². The zero-order valence-corrected chi connectivity index (χ0v) is 17.6. The number of amides is 1. The lowest BCUT2D eigenvalue weighted by atomic mass is 9.91. The molecule has 0 radical (unpaired) electrons. The van der Waals surface area contributed by atoms with Crippen LogP contribution in [-0.2, 0) is 17.1 Å². The van der Waals surface area contributed by atoms with E-state index in [4.69, 9.17) is 23.2 Å². The Kier molecular flexibility index (Phi) is 5.16. The molecule has 2 fully saturated rings. The number of nitrogens with zero attached hydrogens (tertiary/aromatic N) is 4. The molecule has 0 bridgehead atoms. The lowest BCUT2D eigenvalue weighted by Gasteiger charge is -2.37. The maximum Gasteiger partial charge on any atom is 0.262 e. The first-order chi connectivity index (χ1) is 13.3. The van der Waals surface area contributed by atoms with Gasteiger partial charge in [0.1, 0.15) is 0 Å². The number of carbonyl (C=O) groups excluding carboxylic acids is 1. The van der Waals surface area contributed by atoms with Crippen molar-refractivity contribution in [1.82, 2.24) is 18.8 Å². The molecule has 0 spiro atoms. The van der Waals surface area contributed by atoms with Crippen molar-refractivity contribution in [1.29, 1.82) is 0 Å². The van der Waals surface area contributed by atoms with E-state index in [2.05, 4.69) is 4.98 Å². The van der Waals surface area contributed by atoms with Crippen LogP contribution >= 0.6 is 23.2 Å². The fraction of sp³-hybridized carbons (Fsp3) is 0.444. The SMILES string of the molecule is Cn1cnc(S(=O)(=O)N2CC3CCCN(C(=O)c4ccc(Cl)cc4Cl)C3C2)c1. The molecule has 7 nitrogen and oxygen atoms in total. The van der Waals surface area contributed by atoms with Gasteiger partial charge in [0.15, 0.2) is 5.03 Å². The van der Waals surface area contributed by atoms with Crippen molar-refractivity contribution >= 4 is 39.1 Å². The topological polar surface area (TPSA) is 75.5 Å². The standard InChI is InChI=1S/C18H20Cl2N4O3S/c1-22-10-17(21-11-22)28(26,27)23-8-12-3-2-6-24(16(12)9-23)18(25)14-5-4-13(19)7-15(14)20/h4-5,7,10-12,16H,2-3,6,8-9H2,1H3. The Morgan fingerprint density at radius 2 is 2.04 bits per heavy atom. The van der Waals surface area contributed by atoms with Crippen LogP contribution in [0.25, 0.3) is 0 Å². The van der Waals surface area contributed by atoms with Crippen LogP contribution in [0.4, 0.5) is 0 Å². The van der Waals surface area contributed by atoms with Crippen molar-refractivity contribution < 1.29 is 13.2 Å². The normalized spacial score (nSPS) is 23.0. The van der Waals surface area contributed by atoms with Crippen LogP contribution in [0, 0.1) is 5.92 Å². The molecule has 2 aliphatic heterocycles. The number of halogens is 2. The van der Waals surface area contributed by atoms with E-state index in [9.17, 15) is 13.2 Å². The fourth-order valence-corrected chi connectivity index (χ4v) is 6.03. The van der Waals surface area contributed by atoms with Crippen LogP contribution < -0.4 is 0 Å². The Labute approximate surface area is 173 Å². The molecule has 0 saturated carbocycles. The molecule has 10 heteroatoms. The number of sulfonamides is 1. The van der Waals surface area contributed by atoms with Crippen LogP contribution in [-0.4, -0.2) is 58.8 Å². The summed E-state index contributed by atoms with van der Waals surface area (Å²) in [5, 5.41) is 0.800. The van der Waals surface area contributed by atoms with Crippen molar-refractivity contribution in [2.45, 2.75) is 23.9 Å². The number of benzene rings is 1. The third kappa shape index (κ3) is 3.43. The molecule has 1 amide bonds. The zero-order chi connectivity index (χ0) is 20.1. The van der Waals surface area contributed by atoms with Crippen molar-refractivity contribution in [3.63, 3.8) is 0 Å². The predicted octanol–water partition coefficient (Wildman–Crippen LogP) is 2.65. The number of carbonyl (C=O) groups is 1. The predicted molar refractivity (Wildman–Crippen MR) is 106 cm³/mol. The second-order valence-electron chi connectivity index (χ2n) is 7.29. The summed E-state index contributed by atoms with van der Waals surface area (Å²) in [6, 6.07) is 4.62. The van der Waals surface area contributed by atoms with E-state index in [-0.39, 0.29) is 29.4 Å². The zero-order valence-electron chi connectivity index (χ0n) is 15.3. The molecule has 2 aliphatic rings. The number of hydrogen-bond donors (Lipinski definition) is 0. The third-order valence-electron chi connectivity index (χ3n) is 5.46. The molecule has 1 aromatic carbocycles. The van der Waals surface area contributed by atoms with Gasteiger partial charge in [-0.1, -0.05) is 23.2 Å². The van der Waals surface area contributed by atoms with Gasteiger partial charge in [-0.25, -0.2) is 13.4 Å². The van der Waals surface area contributed by atoms with Crippen LogP contribution in [0.15, 0.2) is 35.7 Å². The monoisotopic (exact) mass is 442 g/mol. The molecule has 28 heavy (non-hydrogen) atoms. The van der Waals surface area contributed by atoms with Gasteiger partial charge < -0.3 is 9.47 Å². The van der Waals surface area contributed by atoms with Crippen LogP contribution in [0.3, 0.4) is 0 Å². The summed E-state index contributed by atoms with van der Waals surface area (Å²) >= 11 is 12.2. The van der Waals surface area contributed by atoms with Gasteiger partial charge in [0.05, 0.1) is 16.9 Å². The highest BCUT2D eigenvalue weighted by atomic mass is 35.5. The fourth-order valence-electron chi connectivity index (χ4n) is 4.06. The average Bonchev–Trinajstić information content (AvgIpc) is 3.27.